The van der Waals surface area contributed by atoms with Gasteiger partial charge in [0, 0.05) is 18.3 Å². The SMILES string of the molecule is CCc1nc(CCNC(=O)c2cccc3ccnn23)cs1. The predicted molar refractivity (Wildman–Crippen MR) is 82.7 cm³/mol. The number of aryl methyl sites for hydroxylation is 1. The first-order chi connectivity index (χ1) is 10.3. The second-order valence-corrected chi connectivity index (χ2v) is 5.61. The van der Waals surface area contributed by atoms with E-state index in [0.717, 1.165) is 29.1 Å². The van der Waals surface area contributed by atoms with Gasteiger partial charge in [-0.3, -0.25) is 4.79 Å². The van der Waals surface area contributed by atoms with Gasteiger partial charge in [-0.25, -0.2) is 9.50 Å². The fraction of sp³-hybridized carbons (Fsp3) is 0.267. The Morgan fingerprint density at radius 2 is 2.29 bits per heavy atom. The van der Waals surface area contributed by atoms with Crippen molar-refractivity contribution in [2.24, 2.45) is 0 Å². The highest BCUT2D eigenvalue weighted by Gasteiger charge is 2.10. The average Bonchev–Trinajstić information content (AvgIpc) is 3.15. The molecule has 5 nitrogen and oxygen atoms in total. The normalized spacial score (nSPS) is 10.9. The van der Waals surface area contributed by atoms with E-state index >= 15 is 0 Å². The number of fused-ring (bicyclic) bond motifs is 1. The molecule has 1 N–H and O–H groups in total. The van der Waals surface area contributed by atoms with E-state index in [-0.39, 0.29) is 5.91 Å². The predicted octanol–water partition coefficient (Wildman–Crippen LogP) is 2.33. The zero-order valence-corrected chi connectivity index (χ0v) is 12.6. The van der Waals surface area contributed by atoms with Crippen LogP contribution in [0.15, 0.2) is 35.8 Å². The summed E-state index contributed by atoms with van der Waals surface area (Å²) in [6.07, 6.45) is 3.39. The lowest BCUT2D eigenvalue weighted by atomic mass is 10.3. The quantitative estimate of drug-likeness (QED) is 0.786. The molecule has 6 heteroatoms. The number of carbonyl (C=O) groups excluding carboxylic acids is 1. The smallest absolute Gasteiger partial charge is 0.269 e. The van der Waals surface area contributed by atoms with Gasteiger partial charge in [0.25, 0.3) is 5.91 Å². The second kappa shape index (κ2) is 6.05. The molecule has 0 aliphatic rings. The molecule has 0 aromatic carbocycles. The summed E-state index contributed by atoms with van der Waals surface area (Å²) in [5.74, 6) is -0.116. The molecule has 0 bridgehead atoms. The van der Waals surface area contributed by atoms with E-state index in [1.165, 1.54) is 0 Å². The maximum atomic E-state index is 12.2. The Balaban J connectivity index is 1.62. The maximum Gasteiger partial charge on any atom is 0.269 e. The van der Waals surface area contributed by atoms with Crippen molar-refractivity contribution in [3.63, 3.8) is 0 Å². The van der Waals surface area contributed by atoms with Crippen molar-refractivity contribution in [1.29, 1.82) is 0 Å². The van der Waals surface area contributed by atoms with Gasteiger partial charge in [0.2, 0.25) is 0 Å². The highest BCUT2D eigenvalue weighted by atomic mass is 32.1. The standard InChI is InChI=1S/C15H16N4OS/c1-2-14-18-11(10-21-14)6-8-16-15(20)13-5-3-4-12-7-9-17-19(12)13/h3-5,7,9-10H,2,6,8H2,1H3,(H,16,20). The summed E-state index contributed by atoms with van der Waals surface area (Å²) in [5, 5.41) is 10.3. The lowest BCUT2D eigenvalue weighted by Crippen LogP contribution is -2.27. The topological polar surface area (TPSA) is 59.3 Å². The van der Waals surface area contributed by atoms with Crippen LogP contribution in [0.1, 0.15) is 28.1 Å². The molecule has 108 valence electrons. The number of rotatable bonds is 5. The first-order valence-electron chi connectivity index (χ1n) is 6.92. The highest BCUT2D eigenvalue weighted by molar-refractivity contribution is 7.09. The van der Waals surface area contributed by atoms with E-state index < -0.39 is 0 Å². The number of aromatic nitrogens is 3. The van der Waals surface area contributed by atoms with Gasteiger partial charge in [-0.1, -0.05) is 13.0 Å². The number of amides is 1. The molecule has 0 saturated carbocycles. The van der Waals surface area contributed by atoms with E-state index in [1.807, 2.05) is 18.2 Å². The van der Waals surface area contributed by atoms with Gasteiger partial charge >= 0.3 is 0 Å². The van der Waals surface area contributed by atoms with E-state index in [1.54, 1.807) is 28.1 Å². The van der Waals surface area contributed by atoms with Crippen LogP contribution in [0.25, 0.3) is 5.52 Å². The summed E-state index contributed by atoms with van der Waals surface area (Å²) in [7, 11) is 0. The summed E-state index contributed by atoms with van der Waals surface area (Å²) >= 11 is 1.67. The van der Waals surface area contributed by atoms with Crippen LogP contribution in [-0.2, 0) is 12.8 Å². The van der Waals surface area contributed by atoms with Crippen molar-refractivity contribution in [2.75, 3.05) is 6.54 Å². The molecule has 0 saturated heterocycles. The van der Waals surface area contributed by atoms with Crippen molar-refractivity contribution in [2.45, 2.75) is 19.8 Å². The lowest BCUT2D eigenvalue weighted by Gasteiger charge is -2.06. The third-order valence-electron chi connectivity index (χ3n) is 3.22. The number of nitrogens with zero attached hydrogens (tertiary/aromatic N) is 3. The van der Waals surface area contributed by atoms with Crippen molar-refractivity contribution in [3.8, 4) is 0 Å². The summed E-state index contributed by atoms with van der Waals surface area (Å²) in [4.78, 5) is 16.7. The van der Waals surface area contributed by atoms with Crippen LogP contribution in [-0.4, -0.2) is 27.0 Å². The summed E-state index contributed by atoms with van der Waals surface area (Å²) < 4.78 is 1.65. The summed E-state index contributed by atoms with van der Waals surface area (Å²) in [6.45, 7) is 2.67. The first-order valence-corrected chi connectivity index (χ1v) is 7.80. The van der Waals surface area contributed by atoms with Gasteiger partial charge in [0.15, 0.2) is 0 Å². The minimum Gasteiger partial charge on any atom is -0.350 e. The number of carbonyl (C=O) groups is 1. The molecule has 1 amide bonds. The molecular formula is C15H16N4OS. The van der Waals surface area contributed by atoms with Crippen LogP contribution in [0.5, 0.6) is 0 Å². The summed E-state index contributed by atoms with van der Waals surface area (Å²) in [6, 6.07) is 7.43. The van der Waals surface area contributed by atoms with Gasteiger partial charge in [-0.15, -0.1) is 11.3 Å². The zero-order valence-electron chi connectivity index (χ0n) is 11.7. The summed E-state index contributed by atoms with van der Waals surface area (Å²) in [5.41, 5.74) is 2.49. The second-order valence-electron chi connectivity index (χ2n) is 4.67. The number of pyridine rings is 1. The molecule has 0 radical (unpaired) electrons. The Hall–Kier alpha value is -2.21. The number of nitrogens with one attached hydrogen (secondary N) is 1. The molecule has 0 unspecified atom stereocenters. The van der Waals surface area contributed by atoms with Crippen LogP contribution >= 0.6 is 11.3 Å². The molecule has 3 aromatic rings. The first kappa shape index (κ1) is 13.8. The zero-order chi connectivity index (χ0) is 14.7. The molecule has 3 aromatic heterocycles. The molecule has 0 aliphatic heterocycles. The van der Waals surface area contributed by atoms with Crippen molar-refractivity contribution >= 4 is 22.8 Å². The van der Waals surface area contributed by atoms with E-state index in [4.69, 9.17) is 0 Å². The van der Waals surface area contributed by atoms with Crippen LogP contribution in [0.4, 0.5) is 0 Å². The fourth-order valence-electron chi connectivity index (χ4n) is 2.14. The van der Waals surface area contributed by atoms with E-state index in [0.29, 0.717) is 12.2 Å². The molecule has 0 fully saturated rings. The molecule has 3 heterocycles. The maximum absolute atomic E-state index is 12.2. The molecular weight excluding hydrogens is 284 g/mol. The highest BCUT2D eigenvalue weighted by Crippen LogP contribution is 2.10. The third-order valence-corrected chi connectivity index (χ3v) is 4.26. The Bertz CT molecular complexity index is 762. The number of thiazole rings is 1. The lowest BCUT2D eigenvalue weighted by molar-refractivity contribution is 0.0946. The Kier molecular flexibility index (Phi) is 3.96. The average molecular weight is 300 g/mol. The van der Waals surface area contributed by atoms with Crippen molar-refractivity contribution in [1.82, 2.24) is 19.9 Å². The van der Waals surface area contributed by atoms with Crippen LogP contribution < -0.4 is 5.32 Å². The molecule has 3 rings (SSSR count). The van der Waals surface area contributed by atoms with Gasteiger partial charge in [-0.2, -0.15) is 5.10 Å². The van der Waals surface area contributed by atoms with Crippen LogP contribution in [0.2, 0.25) is 0 Å². The number of hydrogen-bond acceptors (Lipinski definition) is 4. The van der Waals surface area contributed by atoms with E-state index in [2.05, 4.69) is 27.7 Å². The third kappa shape index (κ3) is 2.95. The van der Waals surface area contributed by atoms with Gasteiger partial charge in [0.05, 0.1) is 22.4 Å². The molecule has 21 heavy (non-hydrogen) atoms. The van der Waals surface area contributed by atoms with Crippen molar-refractivity contribution in [3.05, 3.63) is 52.2 Å². The van der Waals surface area contributed by atoms with Crippen molar-refractivity contribution < 1.29 is 4.79 Å². The minimum absolute atomic E-state index is 0.116. The number of hydrogen-bond donors (Lipinski definition) is 1. The van der Waals surface area contributed by atoms with Crippen LogP contribution in [0.3, 0.4) is 0 Å². The van der Waals surface area contributed by atoms with E-state index in [9.17, 15) is 4.79 Å². The molecule has 0 spiro atoms. The largest absolute Gasteiger partial charge is 0.350 e. The minimum atomic E-state index is -0.116. The Labute approximate surface area is 126 Å². The Morgan fingerprint density at radius 1 is 1.38 bits per heavy atom. The molecule has 0 aliphatic carbocycles. The fourth-order valence-corrected chi connectivity index (χ4v) is 2.92. The van der Waals surface area contributed by atoms with Gasteiger partial charge in [-0.05, 0) is 24.6 Å². The Morgan fingerprint density at radius 3 is 3.10 bits per heavy atom. The van der Waals surface area contributed by atoms with Crippen LogP contribution in [0, 0.1) is 0 Å². The monoisotopic (exact) mass is 300 g/mol. The van der Waals surface area contributed by atoms with Gasteiger partial charge < -0.3 is 5.32 Å². The van der Waals surface area contributed by atoms with Gasteiger partial charge in [0.1, 0.15) is 5.69 Å². The molecule has 0 atom stereocenters.